The molecule has 0 bridgehead atoms. The molecule has 0 radical (unpaired) electrons. The summed E-state index contributed by atoms with van der Waals surface area (Å²) in [6.45, 7) is 5.52. The highest BCUT2D eigenvalue weighted by Gasteiger charge is 2.10. The molecule has 0 aliphatic heterocycles. The van der Waals surface area contributed by atoms with Crippen LogP contribution in [0.5, 0.6) is 0 Å². The molecular weight excluding hydrogens is 246 g/mol. The molecular formula is C15H20ClNO. The summed E-state index contributed by atoms with van der Waals surface area (Å²) in [5, 5.41) is 11.3. The van der Waals surface area contributed by atoms with E-state index in [0.29, 0.717) is 5.92 Å². The fourth-order valence-electron chi connectivity index (χ4n) is 2.54. The summed E-state index contributed by atoms with van der Waals surface area (Å²) >= 11 is 6.06. The number of aliphatic hydroxyl groups excluding tert-OH is 1. The zero-order valence-electron chi connectivity index (χ0n) is 11.0. The molecule has 0 saturated heterocycles. The Morgan fingerprint density at radius 1 is 1.39 bits per heavy atom. The van der Waals surface area contributed by atoms with E-state index in [2.05, 4.69) is 18.4 Å². The van der Waals surface area contributed by atoms with Crippen LogP contribution in [-0.4, -0.2) is 9.67 Å². The van der Waals surface area contributed by atoms with Crippen molar-refractivity contribution in [3.63, 3.8) is 0 Å². The number of halogens is 1. The van der Waals surface area contributed by atoms with E-state index in [0.717, 1.165) is 28.0 Å². The van der Waals surface area contributed by atoms with Gasteiger partial charge >= 0.3 is 0 Å². The predicted octanol–water partition coefficient (Wildman–Crippen LogP) is 4.22. The molecule has 0 saturated carbocycles. The first kappa shape index (κ1) is 13.4. The van der Waals surface area contributed by atoms with Crippen molar-refractivity contribution < 1.29 is 5.11 Å². The van der Waals surface area contributed by atoms with Gasteiger partial charge in [-0.15, -0.1) is 0 Å². The normalized spacial score (nSPS) is 13.1. The molecule has 1 aromatic carbocycles. The molecule has 98 valence electrons. The molecule has 0 aliphatic rings. The number of rotatable bonds is 5. The van der Waals surface area contributed by atoms with Crippen LogP contribution in [-0.2, 0) is 13.2 Å². The molecule has 0 spiro atoms. The maximum Gasteiger partial charge on any atom is 0.0702 e. The van der Waals surface area contributed by atoms with E-state index in [1.165, 1.54) is 12.8 Å². The molecule has 2 nitrogen and oxygen atoms in total. The molecule has 1 heterocycles. The summed E-state index contributed by atoms with van der Waals surface area (Å²) in [5.74, 6) is 0.635. The number of fused-ring (bicyclic) bond motifs is 1. The zero-order valence-corrected chi connectivity index (χ0v) is 11.7. The summed E-state index contributed by atoms with van der Waals surface area (Å²) in [6.07, 6.45) is 4.47. The molecule has 2 rings (SSSR count). The lowest BCUT2D eigenvalue weighted by Crippen LogP contribution is -2.06. The second kappa shape index (κ2) is 5.77. The Morgan fingerprint density at radius 2 is 2.17 bits per heavy atom. The number of aromatic nitrogens is 1. The van der Waals surface area contributed by atoms with E-state index in [-0.39, 0.29) is 6.61 Å². The lowest BCUT2D eigenvalue weighted by atomic mass is 10.1. The minimum absolute atomic E-state index is 0.0767. The number of hydrogen-bond acceptors (Lipinski definition) is 1. The third-order valence-corrected chi connectivity index (χ3v) is 3.62. The second-order valence-electron chi connectivity index (χ2n) is 5.02. The molecule has 0 amide bonds. The Morgan fingerprint density at radius 3 is 2.83 bits per heavy atom. The van der Waals surface area contributed by atoms with Gasteiger partial charge in [-0.25, -0.2) is 0 Å². The molecule has 1 unspecified atom stereocenters. The van der Waals surface area contributed by atoms with E-state index < -0.39 is 0 Å². The summed E-state index contributed by atoms with van der Waals surface area (Å²) in [7, 11) is 0. The largest absolute Gasteiger partial charge is 0.392 e. The molecule has 18 heavy (non-hydrogen) atoms. The predicted molar refractivity (Wildman–Crippen MR) is 76.9 cm³/mol. The smallest absolute Gasteiger partial charge is 0.0702 e. The topological polar surface area (TPSA) is 25.2 Å². The van der Waals surface area contributed by atoms with E-state index in [9.17, 15) is 5.11 Å². The van der Waals surface area contributed by atoms with Crippen molar-refractivity contribution in [3.05, 3.63) is 35.0 Å². The molecule has 0 fully saturated rings. The standard InChI is InChI=1S/C15H20ClNO/c1-3-4-11(2)8-17-9-12(10-18)14-6-5-13(16)7-15(14)17/h5-7,9,11,18H,3-4,8,10H2,1-2H3. The maximum absolute atomic E-state index is 9.41. The highest BCUT2D eigenvalue weighted by molar-refractivity contribution is 6.31. The van der Waals surface area contributed by atoms with Gasteiger partial charge in [0.15, 0.2) is 0 Å². The zero-order chi connectivity index (χ0) is 13.1. The summed E-state index contributed by atoms with van der Waals surface area (Å²) in [5.41, 5.74) is 2.10. The second-order valence-corrected chi connectivity index (χ2v) is 5.46. The van der Waals surface area contributed by atoms with Crippen molar-refractivity contribution >= 4 is 22.5 Å². The average Bonchev–Trinajstić information content (AvgIpc) is 2.67. The van der Waals surface area contributed by atoms with E-state index in [4.69, 9.17) is 11.6 Å². The van der Waals surface area contributed by atoms with Crippen molar-refractivity contribution in [2.24, 2.45) is 5.92 Å². The summed E-state index contributed by atoms with van der Waals surface area (Å²) < 4.78 is 2.22. The van der Waals surface area contributed by atoms with Crippen molar-refractivity contribution in [2.45, 2.75) is 39.8 Å². The van der Waals surface area contributed by atoms with Crippen LogP contribution in [0.25, 0.3) is 10.9 Å². The number of aliphatic hydroxyl groups is 1. The monoisotopic (exact) mass is 265 g/mol. The van der Waals surface area contributed by atoms with Gasteiger partial charge < -0.3 is 9.67 Å². The minimum atomic E-state index is 0.0767. The fraction of sp³-hybridized carbons (Fsp3) is 0.467. The maximum atomic E-state index is 9.41. The van der Waals surface area contributed by atoms with Crippen molar-refractivity contribution in [1.29, 1.82) is 0 Å². The first-order chi connectivity index (χ1) is 8.65. The van der Waals surface area contributed by atoms with Crippen LogP contribution in [0.4, 0.5) is 0 Å². The highest BCUT2D eigenvalue weighted by atomic mass is 35.5. The number of nitrogens with zero attached hydrogens (tertiary/aromatic N) is 1. The molecule has 1 aromatic heterocycles. The Balaban J connectivity index is 2.40. The van der Waals surface area contributed by atoms with Crippen LogP contribution in [0.3, 0.4) is 0 Å². The van der Waals surface area contributed by atoms with Crippen molar-refractivity contribution in [3.8, 4) is 0 Å². The minimum Gasteiger partial charge on any atom is -0.392 e. The molecule has 3 heteroatoms. The van der Waals surface area contributed by atoms with Crippen molar-refractivity contribution in [1.82, 2.24) is 4.57 Å². The molecule has 1 atom stereocenters. The van der Waals surface area contributed by atoms with Gasteiger partial charge in [-0.3, -0.25) is 0 Å². The quantitative estimate of drug-likeness (QED) is 0.860. The molecule has 1 N–H and O–H groups in total. The van der Waals surface area contributed by atoms with Crippen LogP contribution in [0.1, 0.15) is 32.3 Å². The van der Waals surface area contributed by atoms with Crippen LogP contribution in [0.2, 0.25) is 5.02 Å². The van der Waals surface area contributed by atoms with E-state index in [1.807, 2.05) is 24.4 Å². The number of benzene rings is 1. The summed E-state index contributed by atoms with van der Waals surface area (Å²) in [4.78, 5) is 0. The van der Waals surface area contributed by atoms with E-state index in [1.54, 1.807) is 0 Å². The third-order valence-electron chi connectivity index (χ3n) is 3.39. The van der Waals surface area contributed by atoms with Crippen LogP contribution >= 0.6 is 11.6 Å². The molecule has 0 aliphatic carbocycles. The van der Waals surface area contributed by atoms with Gasteiger partial charge in [-0.2, -0.15) is 0 Å². The Bertz CT molecular complexity index is 533. The lowest BCUT2D eigenvalue weighted by molar-refractivity contribution is 0.283. The van der Waals surface area contributed by atoms with Gasteiger partial charge in [-0.1, -0.05) is 37.9 Å². The van der Waals surface area contributed by atoms with Crippen LogP contribution in [0, 0.1) is 5.92 Å². The van der Waals surface area contributed by atoms with Crippen LogP contribution < -0.4 is 0 Å². The van der Waals surface area contributed by atoms with Gasteiger partial charge in [0.1, 0.15) is 0 Å². The Labute approximate surface area is 113 Å². The number of hydrogen-bond donors (Lipinski definition) is 1. The third kappa shape index (κ3) is 2.70. The van der Waals surface area contributed by atoms with Gasteiger partial charge in [0.25, 0.3) is 0 Å². The van der Waals surface area contributed by atoms with Crippen LogP contribution in [0.15, 0.2) is 24.4 Å². The average molecular weight is 266 g/mol. The first-order valence-electron chi connectivity index (χ1n) is 6.53. The Hall–Kier alpha value is -0.990. The van der Waals surface area contributed by atoms with Gasteiger partial charge in [0, 0.05) is 34.2 Å². The van der Waals surface area contributed by atoms with Gasteiger partial charge in [-0.05, 0) is 24.5 Å². The van der Waals surface area contributed by atoms with Gasteiger partial charge in [0.2, 0.25) is 0 Å². The molecule has 2 aromatic rings. The SMILES string of the molecule is CCCC(C)Cn1cc(CO)c2ccc(Cl)cc21. The van der Waals surface area contributed by atoms with E-state index >= 15 is 0 Å². The Kier molecular flexibility index (Phi) is 4.31. The fourth-order valence-corrected chi connectivity index (χ4v) is 2.70. The van der Waals surface area contributed by atoms with Crippen molar-refractivity contribution in [2.75, 3.05) is 0 Å². The first-order valence-corrected chi connectivity index (χ1v) is 6.91. The lowest BCUT2D eigenvalue weighted by Gasteiger charge is -2.12. The van der Waals surface area contributed by atoms with Gasteiger partial charge in [0.05, 0.1) is 6.61 Å². The summed E-state index contributed by atoms with van der Waals surface area (Å²) in [6, 6.07) is 5.85. The highest BCUT2D eigenvalue weighted by Crippen LogP contribution is 2.26.